The summed E-state index contributed by atoms with van der Waals surface area (Å²) < 4.78 is 0. The molecule has 0 aliphatic heterocycles. The maximum absolute atomic E-state index is 8.72. The first-order chi connectivity index (χ1) is 9.81. The Morgan fingerprint density at radius 1 is 0.600 bits per heavy atom. The zero-order valence-electron chi connectivity index (χ0n) is 14.3. The van der Waals surface area contributed by atoms with Crippen molar-refractivity contribution in [3.63, 3.8) is 0 Å². The van der Waals surface area contributed by atoms with Gasteiger partial charge in [0.15, 0.2) is 0 Å². The molecule has 1 atom stereocenters. The summed E-state index contributed by atoms with van der Waals surface area (Å²) in [6.45, 7) is 5.07. The second-order valence-corrected chi connectivity index (χ2v) is 6.65. The van der Waals surface area contributed by atoms with Gasteiger partial charge in [-0.15, -0.1) is 0 Å². The Morgan fingerprint density at radius 2 is 1.00 bits per heavy atom. The van der Waals surface area contributed by atoms with Crippen LogP contribution in [0.25, 0.3) is 0 Å². The molecular weight excluding hydrogens is 244 g/mol. The molecule has 122 valence electrons. The van der Waals surface area contributed by atoms with Gasteiger partial charge in [0.2, 0.25) is 0 Å². The van der Waals surface area contributed by atoms with Crippen LogP contribution in [-0.2, 0) is 0 Å². The second kappa shape index (κ2) is 17.0. The number of rotatable bonds is 16. The van der Waals surface area contributed by atoms with E-state index in [2.05, 4.69) is 13.8 Å². The van der Waals surface area contributed by atoms with E-state index in [1.807, 2.05) is 0 Å². The number of aliphatic hydroxyl groups is 1. The first-order valence-electron chi connectivity index (χ1n) is 9.42. The standard InChI is InChI=1S/C19H40O/c1-3-4-5-6-7-8-9-10-13-16-19(2)17-14-11-12-15-18-20/h19-20H,3-18H2,1-2H3. The van der Waals surface area contributed by atoms with E-state index in [0.717, 1.165) is 12.3 Å². The van der Waals surface area contributed by atoms with Crippen molar-refractivity contribution in [2.75, 3.05) is 6.61 Å². The molecule has 0 radical (unpaired) electrons. The fourth-order valence-electron chi connectivity index (χ4n) is 2.91. The molecular formula is C19H40O. The molecule has 0 spiro atoms. The van der Waals surface area contributed by atoms with Gasteiger partial charge in [0.05, 0.1) is 0 Å². The van der Waals surface area contributed by atoms with Gasteiger partial charge in [0, 0.05) is 6.61 Å². The molecule has 0 aromatic heterocycles. The van der Waals surface area contributed by atoms with Crippen LogP contribution in [0.1, 0.15) is 110 Å². The third kappa shape index (κ3) is 16.0. The molecule has 0 rings (SSSR count). The molecule has 0 saturated carbocycles. The van der Waals surface area contributed by atoms with E-state index < -0.39 is 0 Å². The maximum atomic E-state index is 8.72. The number of hydrogen-bond donors (Lipinski definition) is 1. The Kier molecular flexibility index (Phi) is 17.0. The van der Waals surface area contributed by atoms with Crippen LogP contribution in [-0.4, -0.2) is 11.7 Å². The van der Waals surface area contributed by atoms with Gasteiger partial charge < -0.3 is 5.11 Å². The first kappa shape index (κ1) is 20.0. The van der Waals surface area contributed by atoms with Crippen LogP contribution in [0.3, 0.4) is 0 Å². The highest BCUT2D eigenvalue weighted by Gasteiger charge is 2.02. The lowest BCUT2D eigenvalue weighted by Gasteiger charge is -2.10. The fourth-order valence-corrected chi connectivity index (χ4v) is 2.91. The fraction of sp³-hybridized carbons (Fsp3) is 1.00. The monoisotopic (exact) mass is 284 g/mol. The van der Waals surface area contributed by atoms with Crippen LogP contribution in [0.5, 0.6) is 0 Å². The lowest BCUT2D eigenvalue weighted by atomic mass is 9.96. The minimum Gasteiger partial charge on any atom is -0.396 e. The molecule has 0 aliphatic rings. The Hall–Kier alpha value is -0.0400. The van der Waals surface area contributed by atoms with Crippen molar-refractivity contribution >= 4 is 0 Å². The Labute approximate surface area is 128 Å². The van der Waals surface area contributed by atoms with Gasteiger partial charge in [-0.3, -0.25) is 0 Å². The smallest absolute Gasteiger partial charge is 0.0431 e. The summed E-state index contributed by atoms with van der Waals surface area (Å²) in [7, 11) is 0. The van der Waals surface area contributed by atoms with Gasteiger partial charge in [-0.25, -0.2) is 0 Å². The summed E-state index contributed by atoms with van der Waals surface area (Å²) in [5.74, 6) is 0.911. The molecule has 0 aromatic carbocycles. The summed E-state index contributed by atoms with van der Waals surface area (Å²) in [6, 6.07) is 0. The van der Waals surface area contributed by atoms with Crippen molar-refractivity contribution in [3.05, 3.63) is 0 Å². The Balaban J connectivity index is 3.09. The Morgan fingerprint density at radius 3 is 1.45 bits per heavy atom. The van der Waals surface area contributed by atoms with E-state index in [9.17, 15) is 0 Å². The average Bonchev–Trinajstić information content (AvgIpc) is 2.45. The van der Waals surface area contributed by atoms with Crippen molar-refractivity contribution in [2.45, 2.75) is 110 Å². The van der Waals surface area contributed by atoms with E-state index in [1.54, 1.807) is 0 Å². The average molecular weight is 285 g/mol. The van der Waals surface area contributed by atoms with Crippen LogP contribution in [0, 0.1) is 5.92 Å². The van der Waals surface area contributed by atoms with E-state index in [1.165, 1.54) is 89.9 Å². The van der Waals surface area contributed by atoms with Crippen molar-refractivity contribution in [1.29, 1.82) is 0 Å². The summed E-state index contributed by atoms with van der Waals surface area (Å²) >= 11 is 0. The zero-order valence-corrected chi connectivity index (χ0v) is 14.3. The van der Waals surface area contributed by atoms with Crippen molar-refractivity contribution < 1.29 is 5.11 Å². The normalized spacial score (nSPS) is 12.8. The number of unbranched alkanes of at least 4 members (excludes halogenated alkanes) is 11. The summed E-state index contributed by atoms with van der Waals surface area (Å²) in [5.41, 5.74) is 0. The molecule has 1 heteroatoms. The molecule has 0 fully saturated rings. The van der Waals surface area contributed by atoms with Gasteiger partial charge in [-0.2, -0.15) is 0 Å². The van der Waals surface area contributed by atoms with Gasteiger partial charge in [0.1, 0.15) is 0 Å². The Bertz CT molecular complexity index is 167. The quantitative estimate of drug-likeness (QED) is 0.321. The van der Waals surface area contributed by atoms with Crippen LogP contribution in [0.15, 0.2) is 0 Å². The third-order valence-corrected chi connectivity index (χ3v) is 4.41. The second-order valence-electron chi connectivity index (χ2n) is 6.65. The topological polar surface area (TPSA) is 20.2 Å². The predicted octanol–water partition coefficient (Wildman–Crippen LogP) is 6.49. The molecule has 0 aliphatic carbocycles. The molecule has 0 aromatic rings. The van der Waals surface area contributed by atoms with E-state index >= 15 is 0 Å². The zero-order chi connectivity index (χ0) is 14.9. The van der Waals surface area contributed by atoms with Crippen LogP contribution in [0.4, 0.5) is 0 Å². The highest BCUT2D eigenvalue weighted by atomic mass is 16.2. The molecule has 0 heterocycles. The van der Waals surface area contributed by atoms with Crippen LogP contribution in [0.2, 0.25) is 0 Å². The largest absolute Gasteiger partial charge is 0.396 e. The highest BCUT2D eigenvalue weighted by Crippen LogP contribution is 2.18. The van der Waals surface area contributed by atoms with Crippen molar-refractivity contribution in [1.82, 2.24) is 0 Å². The van der Waals surface area contributed by atoms with Crippen LogP contribution < -0.4 is 0 Å². The molecule has 0 amide bonds. The van der Waals surface area contributed by atoms with Crippen molar-refractivity contribution in [2.24, 2.45) is 5.92 Å². The van der Waals surface area contributed by atoms with E-state index in [-0.39, 0.29) is 0 Å². The number of aliphatic hydroxyl groups excluding tert-OH is 1. The van der Waals surface area contributed by atoms with E-state index in [4.69, 9.17) is 5.11 Å². The molecule has 1 unspecified atom stereocenters. The molecule has 0 saturated heterocycles. The van der Waals surface area contributed by atoms with Gasteiger partial charge >= 0.3 is 0 Å². The summed E-state index contributed by atoms with van der Waals surface area (Å²) in [6.07, 6.45) is 20.6. The third-order valence-electron chi connectivity index (χ3n) is 4.41. The lowest BCUT2D eigenvalue weighted by molar-refractivity contribution is 0.281. The molecule has 20 heavy (non-hydrogen) atoms. The minimum absolute atomic E-state index is 0.369. The molecule has 0 bridgehead atoms. The SMILES string of the molecule is CCCCCCCCCCCC(C)CCCCCCO. The minimum atomic E-state index is 0.369. The van der Waals surface area contributed by atoms with Gasteiger partial charge in [0.25, 0.3) is 0 Å². The predicted molar refractivity (Wildman–Crippen MR) is 91.2 cm³/mol. The highest BCUT2D eigenvalue weighted by molar-refractivity contribution is 4.55. The molecule has 1 nitrogen and oxygen atoms in total. The summed E-state index contributed by atoms with van der Waals surface area (Å²) in [4.78, 5) is 0. The maximum Gasteiger partial charge on any atom is 0.0431 e. The van der Waals surface area contributed by atoms with E-state index in [0.29, 0.717) is 6.61 Å². The lowest BCUT2D eigenvalue weighted by Crippen LogP contribution is -1.95. The number of hydrogen-bond acceptors (Lipinski definition) is 1. The van der Waals surface area contributed by atoms with Gasteiger partial charge in [-0.05, 0) is 12.3 Å². The summed E-state index contributed by atoms with van der Waals surface area (Å²) in [5, 5.41) is 8.72. The van der Waals surface area contributed by atoms with Crippen molar-refractivity contribution in [3.8, 4) is 0 Å². The molecule has 1 N–H and O–H groups in total. The first-order valence-corrected chi connectivity index (χ1v) is 9.42. The van der Waals surface area contributed by atoms with Crippen LogP contribution >= 0.6 is 0 Å². The van der Waals surface area contributed by atoms with Gasteiger partial charge in [-0.1, -0.05) is 104 Å².